The first-order valence-electron chi connectivity index (χ1n) is 17.8. The largest absolute Gasteiger partial charge is 0.462 e. The molecule has 0 fully saturated rings. The minimum absolute atomic E-state index is 0.00286. The van der Waals surface area contributed by atoms with Crippen LogP contribution in [0.5, 0.6) is 0 Å². The summed E-state index contributed by atoms with van der Waals surface area (Å²) in [6.45, 7) is 3.42. The van der Waals surface area contributed by atoms with Crippen molar-refractivity contribution in [2.75, 3.05) is 22.6 Å². The molecule has 0 saturated carbocycles. The zero-order chi connectivity index (χ0) is 40.1. The van der Waals surface area contributed by atoms with Crippen LogP contribution in [0.3, 0.4) is 0 Å². The maximum atomic E-state index is 14.3. The van der Waals surface area contributed by atoms with Crippen molar-refractivity contribution in [2.45, 2.75) is 24.0 Å². The molecular weight excluding hydrogens is 759 g/mol. The Hall–Kier alpha value is -6.83. The Morgan fingerprint density at radius 3 is 2.14 bits per heavy atom. The maximum Gasteiger partial charge on any atom is 0.341 e. The third kappa shape index (κ3) is 10.5. The first-order valence-corrected chi connectivity index (χ1v) is 19.5. The van der Waals surface area contributed by atoms with Crippen LogP contribution in [-0.4, -0.2) is 41.2 Å². The SMILES string of the molecule is CCOC(=O)c1c(NC(=O)C(Sc2cccc(NC(=O)/C(=C/c3cccnc3)NC(=O)c3ccccc3)c2)c2ccccc2)sc(C(=O)Nc2ccccc2)c1C. The topological polar surface area (TPSA) is 156 Å². The Bertz CT molecular complexity index is 2410. The predicted octanol–water partition coefficient (Wildman–Crippen LogP) is 8.76. The minimum atomic E-state index is -0.831. The fraction of sp³-hybridized carbons (Fsp3) is 0.0909. The van der Waals surface area contributed by atoms with Crippen molar-refractivity contribution >= 4 is 75.1 Å². The molecule has 0 aliphatic heterocycles. The van der Waals surface area contributed by atoms with Gasteiger partial charge >= 0.3 is 5.97 Å². The number of thiophene rings is 1. The average molecular weight is 796 g/mol. The van der Waals surface area contributed by atoms with Gasteiger partial charge in [-0.15, -0.1) is 23.1 Å². The van der Waals surface area contributed by atoms with E-state index in [1.54, 1.807) is 117 Å². The van der Waals surface area contributed by atoms with Gasteiger partial charge < -0.3 is 26.0 Å². The molecule has 0 bridgehead atoms. The second-order valence-electron chi connectivity index (χ2n) is 12.3. The number of anilines is 3. The van der Waals surface area contributed by atoms with Crippen LogP contribution >= 0.6 is 23.1 Å². The summed E-state index contributed by atoms with van der Waals surface area (Å²) in [6.07, 6.45) is 4.71. The lowest BCUT2D eigenvalue weighted by Crippen LogP contribution is -2.30. The summed E-state index contributed by atoms with van der Waals surface area (Å²) < 4.78 is 5.34. The summed E-state index contributed by atoms with van der Waals surface area (Å²) in [5.74, 6) is -2.58. The number of carbonyl (C=O) groups excluding carboxylic acids is 5. The summed E-state index contributed by atoms with van der Waals surface area (Å²) in [6, 6.07) is 37.0. The van der Waals surface area contributed by atoms with Gasteiger partial charge in [0.1, 0.15) is 15.9 Å². The van der Waals surface area contributed by atoms with Crippen LogP contribution < -0.4 is 21.3 Å². The van der Waals surface area contributed by atoms with Crippen molar-refractivity contribution in [2.24, 2.45) is 0 Å². The van der Waals surface area contributed by atoms with Gasteiger partial charge in [-0.3, -0.25) is 24.2 Å². The Labute approximate surface area is 337 Å². The number of aromatic nitrogens is 1. The van der Waals surface area contributed by atoms with E-state index in [1.165, 1.54) is 17.8 Å². The summed E-state index contributed by atoms with van der Waals surface area (Å²) >= 11 is 2.22. The first kappa shape index (κ1) is 39.9. The van der Waals surface area contributed by atoms with E-state index in [2.05, 4.69) is 26.3 Å². The van der Waals surface area contributed by atoms with Crippen molar-refractivity contribution in [3.05, 3.63) is 178 Å². The highest BCUT2D eigenvalue weighted by Gasteiger charge is 2.30. The monoisotopic (exact) mass is 795 g/mol. The highest BCUT2D eigenvalue weighted by Crippen LogP contribution is 2.40. The van der Waals surface area contributed by atoms with Crippen molar-refractivity contribution in [1.29, 1.82) is 0 Å². The number of thioether (sulfide) groups is 1. The van der Waals surface area contributed by atoms with E-state index in [-0.39, 0.29) is 27.7 Å². The number of nitrogens with zero attached hydrogens (tertiary/aromatic N) is 1. The average Bonchev–Trinajstić information content (AvgIpc) is 3.56. The second kappa shape index (κ2) is 19.2. The van der Waals surface area contributed by atoms with Gasteiger partial charge in [0.25, 0.3) is 17.7 Å². The second-order valence-corrected chi connectivity index (χ2v) is 14.5. The molecule has 0 radical (unpaired) electrons. The zero-order valence-corrected chi connectivity index (χ0v) is 32.5. The highest BCUT2D eigenvalue weighted by molar-refractivity contribution is 8.00. The quantitative estimate of drug-likeness (QED) is 0.0485. The summed E-state index contributed by atoms with van der Waals surface area (Å²) in [5.41, 5.74) is 3.13. The molecule has 0 spiro atoms. The van der Waals surface area contributed by atoms with Crippen LogP contribution in [0.1, 0.15) is 59.3 Å². The highest BCUT2D eigenvalue weighted by atomic mass is 32.2. The number of benzene rings is 4. The molecule has 6 rings (SSSR count). The van der Waals surface area contributed by atoms with Crippen LogP contribution in [-0.2, 0) is 14.3 Å². The molecule has 0 aliphatic rings. The third-order valence-corrected chi connectivity index (χ3v) is 10.8. The molecule has 6 aromatic rings. The first-order chi connectivity index (χ1) is 27.7. The molecule has 2 aromatic heterocycles. The maximum absolute atomic E-state index is 14.3. The molecule has 4 N–H and O–H groups in total. The summed E-state index contributed by atoms with van der Waals surface area (Å²) in [5, 5.41) is 10.7. The fourth-order valence-corrected chi connectivity index (χ4v) is 7.78. The smallest absolute Gasteiger partial charge is 0.341 e. The Morgan fingerprint density at radius 1 is 0.772 bits per heavy atom. The van der Waals surface area contributed by atoms with Crippen LogP contribution in [0.4, 0.5) is 16.4 Å². The number of rotatable bonds is 14. The summed E-state index contributed by atoms with van der Waals surface area (Å²) in [4.78, 5) is 72.7. The number of amides is 4. The molecule has 4 amide bonds. The number of nitrogens with one attached hydrogen (secondary N) is 4. The number of para-hydroxylation sites is 1. The molecule has 1 unspecified atom stereocenters. The normalized spacial score (nSPS) is 11.5. The zero-order valence-electron chi connectivity index (χ0n) is 30.9. The van der Waals surface area contributed by atoms with E-state index in [1.807, 2.05) is 36.4 Å². The fourth-order valence-electron chi connectivity index (χ4n) is 5.61. The summed E-state index contributed by atoms with van der Waals surface area (Å²) in [7, 11) is 0. The molecule has 13 heteroatoms. The third-order valence-electron chi connectivity index (χ3n) is 8.31. The molecule has 0 aliphatic carbocycles. The van der Waals surface area contributed by atoms with Crippen LogP contribution in [0, 0.1) is 6.92 Å². The molecule has 57 heavy (non-hydrogen) atoms. The van der Waals surface area contributed by atoms with Crippen LogP contribution in [0.15, 0.2) is 150 Å². The number of carbonyl (C=O) groups is 5. The van der Waals surface area contributed by atoms with Crippen LogP contribution in [0.2, 0.25) is 0 Å². The standard InChI is InChI=1S/C44H37N5O6S2/c1-3-55-44(54)36-28(2)37(41(52)46-32-20-11-6-12-21-32)57-43(36)49-42(53)38(30-16-7-4-8-17-30)56-34-23-13-22-33(26-34)47-40(51)35(25-29-15-14-24-45-27-29)48-39(50)31-18-9-5-10-19-31/h4-27,38H,3H2,1-2H3,(H,46,52)(H,47,51)(H,48,50)(H,49,53)/b35-25-. The van der Waals surface area contributed by atoms with Crippen molar-refractivity contribution in [1.82, 2.24) is 10.3 Å². The van der Waals surface area contributed by atoms with Gasteiger partial charge in [-0.2, -0.15) is 0 Å². The molecule has 2 heterocycles. The number of hydrogen-bond donors (Lipinski definition) is 4. The van der Waals surface area contributed by atoms with Gasteiger partial charge in [0, 0.05) is 34.2 Å². The van der Waals surface area contributed by atoms with E-state index in [9.17, 15) is 24.0 Å². The number of ether oxygens (including phenoxy) is 1. The lowest BCUT2D eigenvalue weighted by atomic mass is 10.1. The van der Waals surface area contributed by atoms with Gasteiger partial charge in [0.2, 0.25) is 5.91 Å². The van der Waals surface area contributed by atoms with Gasteiger partial charge in [-0.1, -0.05) is 78.9 Å². The Morgan fingerprint density at radius 2 is 1.46 bits per heavy atom. The lowest BCUT2D eigenvalue weighted by Gasteiger charge is -2.18. The van der Waals surface area contributed by atoms with Crippen molar-refractivity contribution in [3.8, 4) is 0 Å². The minimum Gasteiger partial charge on any atom is -0.462 e. The Kier molecular flexibility index (Phi) is 13.4. The van der Waals surface area contributed by atoms with E-state index >= 15 is 0 Å². The van der Waals surface area contributed by atoms with Crippen LogP contribution in [0.25, 0.3) is 6.08 Å². The van der Waals surface area contributed by atoms with Gasteiger partial charge in [-0.25, -0.2) is 4.79 Å². The van der Waals surface area contributed by atoms with E-state index < -0.39 is 34.8 Å². The number of hydrogen-bond acceptors (Lipinski definition) is 9. The molecule has 1 atom stereocenters. The lowest BCUT2D eigenvalue weighted by molar-refractivity contribution is -0.116. The van der Waals surface area contributed by atoms with E-state index in [0.29, 0.717) is 38.5 Å². The molecule has 0 saturated heterocycles. The van der Waals surface area contributed by atoms with Crippen molar-refractivity contribution < 1.29 is 28.7 Å². The molecular formula is C44H37N5O6S2. The molecule has 286 valence electrons. The van der Waals surface area contributed by atoms with Crippen molar-refractivity contribution in [3.63, 3.8) is 0 Å². The number of esters is 1. The van der Waals surface area contributed by atoms with E-state index in [4.69, 9.17) is 4.74 Å². The van der Waals surface area contributed by atoms with Gasteiger partial charge in [0.15, 0.2) is 0 Å². The van der Waals surface area contributed by atoms with E-state index in [0.717, 1.165) is 11.3 Å². The predicted molar refractivity (Wildman–Crippen MR) is 224 cm³/mol. The number of pyridine rings is 1. The molecule has 4 aromatic carbocycles. The van der Waals surface area contributed by atoms with Gasteiger partial charge in [-0.05, 0) is 85.1 Å². The molecule has 11 nitrogen and oxygen atoms in total. The Balaban J connectivity index is 1.25. The van der Waals surface area contributed by atoms with Gasteiger partial charge in [0.05, 0.1) is 17.0 Å².